The highest BCUT2D eigenvalue weighted by Gasteiger charge is 2.09. The molecule has 0 radical (unpaired) electrons. The molecule has 4 rings (SSSR count). The van der Waals surface area contributed by atoms with Crippen molar-refractivity contribution in [3.05, 3.63) is 85.1 Å². The van der Waals surface area contributed by atoms with Crippen molar-refractivity contribution in [1.82, 2.24) is 15.0 Å². The Balaban J connectivity index is 1.63. The summed E-state index contributed by atoms with van der Waals surface area (Å²) in [5.74, 6) is 0.797. The maximum absolute atomic E-state index is 5.68. The summed E-state index contributed by atoms with van der Waals surface area (Å²) in [4.78, 5) is 0. The van der Waals surface area contributed by atoms with E-state index in [1.54, 1.807) is 4.68 Å². The van der Waals surface area contributed by atoms with Crippen LogP contribution in [0.1, 0.15) is 6.92 Å². The summed E-state index contributed by atoms with van der Waals surface area (Å²) in [5.41, 5.74) is 5.13. The van der Waals surface area contributed by atoms with Gasteiger partial charge in [0.25, 0.3) is 0 Å². The Morgan fingerprint density at radius 1 is 0.769 bits per heavy atom. The van der Waals surface area contributed by atoms with Crippen LogP contribution >= 0.6 is 0 Å². The van der Waals surface area contributed by atoms with Gasteiger partial charge in [0.15, 0.2) is 0 Å². The molecule has 128 valence electrons. The lowest BCUT2D eigenvalue weighted by Crippen LogP contribution is -2.00. The van der Waals surface area contributed by atoms with E-state index >= 15 is 0 Å². The van der Waals surface area contributed by atoms with E-state index in [2.05, 4.69) is 46.7 Å². The molecule has 0 saturated carbocycles. The van der Waals surface area contributed by atoms with E-state index in [1.807, 2.05) is 55.6 Å². The lowest BCUT2D eigenvalue weighted by atomic mass is 10.0. The van der Waals surface area contributed by atoms with Gasteiger partial charge in [-0.25, -0.2) is 4.68 Å². The number of hydrogen-bond donors (Lipinski definition) is 0. The van der Waals surface area contributed by atoms with Crippen LogP contribution in [-0.2, 0) is 0 Å². The van der Waals surface area contributed by atoms with Crippen LogP contribution in [0.3, 0.4) is 0 Å². The zero-order valence-corrected chi connectivity index (χ0v) is 14.5. The van der Waals surface area contributed by atoms with Crippen molar-refractivity contribution in [2.75, 3.05) is 6.61 Å². The summed E-state index contributed by atoms with van der Waals surface area (Å²) in [6.45, 7) is 2.58. The van der Waals surface area contributed by atoms with Gasteiger partial charge in [-0.1, -0.05) is 71.9 Å². The number of hydrogen-bond acceptors (Lipinski definition) is 3. The highest BCUT2D eigenvalue weighted by atomic mass is 16.5. The first-order valence-corrected chi connectivity index (χ1v) is 8.65. The van der Waals surface area contributed by atoms with Crippen LogP contribution in [0.25, 0.3) is 28.1 Å². The van der Waals surface area contributed by atoms with Crippen molar-refractivity contribution in [2.45, 2.75) is 6.92 Å². The van der Waals surface area contributed by atoms with E-state index in [4.69, 9.17) is 4.74 Å². The van der Waals surface area contributed by atoms with E-state index in [-0.39, 0.29) is 0 Å². The van der Waals surface area contributed by atoms with E-state index in [1.165, 1.54) is 11.1 Å². The second-order valence-electron chi connectivity index (χ2n) is 5.89. The fourth-order valence-corrected chi connectivity index (χ4v) is 2.90. The van der Waals surface area contributed by atoms with Crippen molar-refractivity contribution in [1.29, 1.82) is 0 Å². The third-order valence-electron chi connectivity index (χ3n) is 4.19. The summed E-state index contributed by atoms with van der Waals surface area (Å²) in [6.07, 6.45) is 1.93. The third-order valence-corrected chi connectivity index (χ3v) is 4.19. The van der Waals surface area contributed by atoms with Gasteiger partial charge in [0.1, 0.15) is 17.1 Å². The first-order chi connectivity index (χ1) is 12.8. The fraction of sp³-hybridized carbons (Fsp3) is 0.0909. The van der Waals surface area contributed by atoms with E-state index in [9.17, 15) is 0 Å². The number of aromatic nitrogens is 3. The minimum absolute atomic E-state index is 0.611. The van der Waals surface area contributed by atoms with E-state index in [0.29, 0.717) is 6.61 Å². The Morgan fingerprint density at radius 2 is 1.42 bits per heavy atom. The van der Waals surface area contributed by atoms with Gasteiger partial charge in [0.05, 0.1) is 12.8 Å². The van der Waals surface area contributed by atoms with Crippen molar-refractivity contribution in [3.8, 4) is 33.8 Å². The highest BCUT2D eigenvalue weighted by Crippen LogP contribution is 2.26. The smallest absolute Gasteiger partial charge is 0.144 e. The molecule has 4 nitrogen and oxygen atoms in total. The molecule has 0 bridgehead atoms. The van der Waals surface area contributed by atoms with Crippen molar-refractivity contribution < 1.29 is 4.74 Å². The Kier molecular flexibility index (Phi) is 4.48. The minimum Gasteiger partial charge on any atom is -0.492 e. The summed E-state index contributed by atoms with van der Waals surface area (Å²) in [6, 6.07) is 26.5. The second-order valence-corrected chi connectivity index (χ2v) is 5.89. The van der Waals surface area contributed by atoms with Gasteiger partial charge >= 0.3 is 0 Å². The van der Waals surface area contributed by atoms with Crippen LogP contribution in [0.4, 0.5) is 0 Å². The van der Waals surface area contributed by atoms with E-state index < -0.39 is 0 Å². The Bertz CT molecular complexity index is 991. The number of rotatable bonds is 5. The van der Waals surface area contributed by atoms with Gasteiger partial charge in [-0.05, 0) is 30.2 Å². The molecule has 0 N–H and O–H groups in total. The molecule has 0 spiro atoms. The SMILES string of the molecule is CCOc1ccccc1-n1cc(-c2ccc(-c3ccccc3)cc2)nn1. The monoisotopic (exact) mass is 341 g/mol. The van der Waals surface area contributed by atoms with Crippen LogP contribution in [0.15, 0.2) is 85.1 Å². The molecule has 0 unspecified atom stereocenters. The third kappa shape index (κ3) is 3.22. The second kappa shape index (κ2) is 7.23. The number of para-hydroxylation sites is 2. The zero-order chi connectivity index (χ0) is 17.8. The number of ether oxygens (including phenoxy) is 1. The van der Waals surface area contributed by atoms with E-state index in [0.717, 1.165) is 22.7 Å². The average Bonchev–Trinajstić information content (AvgIpc) is 3.20. The van der Waals surface area contributed by atoms with Gasteiger partial charge < -0.3 is 4.74 Å². The first-order valence-electron chi connectivity index (χ1n) is 8.65. The maximum Gasteiger partial charge on any atom is 0.144 e. The summed E-state index contributed by atoms with van der Waals surface area (Å²) in [7, 11) is 0. The molecule has 1 aromatic heterocycles. The largest absolute Gasteiger partial charge is 0.492 e. The number of benzene rings is 3. The normalized spacial score (nSPS) is 10.7. The predicted molar refractivity (Wildman–Crippen MR) is 103 cm³/mol. The van der Waals surface area contributed by atoms with Gasteiger partial charge in [0.2, 0.25) is 0 Å². The summed E-state index contributed by atoms with van der Waals surface area (Å²) >= 11 is 0. The zero-order valence-electron chi connectivity index (χ0n) is 14.5. The van der Waals surface area contributed by atoms with Crippen LogP contribution in [-0.4, -0.2) is 21.6 Å². The molecule has 4 heteroatoms. The molecular weight excluding hydrogens is 322 g/mol. The van der Waals surface area contributed by atoms with Crippen molar-refractivity contribution in [2.24, 2.45) is 0 Å². The Labute approximate surface area is 152 Å². The van der Waals surface area contributed by atoms with Gasteiger partial charge in [-0.3, -0.25) is 0 Å². The molecule has 4 aromatic rings. The molecule has 0 aliphatic heterocycles. The van der Waals surface area contributed by atoms with Crippen LogP contribution in [0.5, 0.6) is 5.75 Å². The van der Waals surface area contributed by atoms with Gasteiger partial charge in [-0.2, -0.15) is 0 Å². The van der Waals surface area contributed by atoms with Crippen molar-refractivity contribution >= 4 is 0 Å². The topological polar surface area (TPSA) is 39.9 Å². The van der Waals surface area contributed by atoms with Gasteiger partial charge in [-0.15, -0.1) is 5.10 Å². The Hall–Kier alpha value is -3.40. The minimum atomic E-state index is 0.611. The number of nitrogens with zero attached hydrogens (tertiary/aromatic N) is 3. The fourth-order valence-electron chi connectivity index (χ4n) is 2.90. The quantitative estimate of drug-likeness (QED) is 0.513. The molecule has 1 heterocycles. The van der Waals surface area contributed by atoms with Crippen LogP contribution in [0, 0.1) is 0 Å². The molecule has 0 atom stereocenters. The van der Waals surface area contributed by atoms with Crippen molar-refractivity contribution in [3.63, 3.8) is 0 Å². The molecule has 0 aliphatic rings. The molecular formula is C22H19N3O. The molecule has 0 amide bonds. The van der Waals surface area contributed by atoms with Crippen LogP contribution < -0.4 is 4.74 Å². The molecule has 0 aliphatic carbocycles. The molecule has 0 saturated heterocycles. The Morgan fingerprint density at radius 3 is 2.19 bits per heavy atom. The highest BCUT2D eigenvalue weighted by molar-refractivity contribution is 5.68. The summed E-state index contributed by atoms with van der Waals surface area (Å²) in [5, 5.41) is 8.60. The standard InChI is InChI=1S/C22H19N3O/c1-2-26-22-11-7-6-10-21(22)25-16-20(23-24-25)19-14-12-18(13-15-19)17-8-4-3-5-9-17/h3-16H,2H2,1H3. The molecule has 26 heavy (non-hydrogen) atoms. The maximum atomic E-state index is 5.68. The lowest BCUT2D eigenvalue weighted by Gasteiger charge is -2.08. The predicted octanol–water partition coefficient (Wildman–Crippen LogP) is 5.00. The van der Waals surface area contributed by atoms with Crippen LogP contribution in [0.2, 0.25) is 0 Å². The first kappa shape index (κ1) is 16.1. The average molecular weight is 341 g/mol. The lowest BCUT2D eigenvalue weighted by molar-refractivity contribution is 0.338. The molecule has 0 fully saturated rings. The van der Waals surface area contributed by atoms with Gasteiger partial charge in [0, 0.05) is 5.56 Å². The summed E-state index contributed by atoms with van der Waals surface area (Å²) < 4.78 is 7.44. The molecule has 3 aromatic carbocycles.